The standard InChI is InChI=1S/C29H46N4O4/c34-26(28(36)30-21-15-16-21)23-13-6-3-1-2-4-7-14-24(32-17-8-5-9-18-32)29(37)33-19-20-11-10-12-22(20)25(33)27(35)31-23/h20-25H,1-19H2,(H,30,36)(H,31,35)/t20-,22-,23?,24-,25-/m0/s1. The number of hydrogen-bond acceptors (Lipinski definition) is 5. The van der Waals surface area contributed by atoms with Gasteiger partial charge in [0.25, 0.3) is 5.91 Å². The Bertz CT molecular complexity index is 853. The van der Waals surface area contributed by atoms with Crippen LogP contribution in [0, 0.1) is 11.8 Å². The molecule has 0 bridgehead atoms. The van der Waals surface area contributed by atoms with Gasteiger partial charge < -0.3 is 15.5 Å². The number of nitrogens with zero attached hydrogens (tertiary/aromatic N) is 2. The number of rotatable bonds is 4. The first-order chi connectivity index (χ1) is 18.0. The lowest BCUT2D eigenvalue weighted by molar-refractivity contribution is -0.145. The van der Waals surface area contributed by atoms with Crippen molar-refractivity contribution in [3.8, 4) is 0 Å². The van der Waals surface area contributed by atoms with Crippen molar-refractivity contribution in [1.29, 1.82) is 0 Å². The summed E-state index contributed by atoms with van der Waals surface area (Å²) in [4.78, 5) is 58.0. The summed E-state index contributed by atoms with van der Waals surface area (Å²) >= 11 is 0. The van der Waals surface area contributed by atoms with Crippen molar-refractivity contribution in [2.45, 2.75) is 127 Å². The average molecular weight is 515 g/mol. The van der Waals surface area contributed by atoms with Crippen molar-refractivity contribution < 1.29 is 19.2 Å². The van der Waals surface area contributed by atoms with Crippen LogP contribution >= 0.6 is 0 Å². The molecule has 5 aliphatic rings. The van der Waals surface area contributed by atoms with Crippen LogP contribution in [-0.2, 0) is 19.2 Å². The SMILES string of the molecule is O=C(NC1CC1)C(=O)C1CCCCCCCC[C@H](N2CCCCC2)C(=O)N2C[C@@H]3CCC[C@@H]3[C@H]2C(=O)N1. The van der Waals surface area contributed by atoms with Crippen LogP contribution in [0.1, 0.15) is 103 Å². The Kier molecular flexibility index (Phi) is 8.83. The van der Waals surface area contributed by atoms with Gasteiger partial charge in [-0.25, -0.2) is 0 Å². The summed E-state index contributed by atoms with van der Waals surface area (Å²) in [7, 11) is 0. The van der Waals surface area contributed by atoms with Crippen molar-refractivity contribution in [1.82, 2.24) is 20.4 Å². The van der Waals surface area contributed by atoms with E-state index in [-0.39, 0.29) is 29.8 Å². The van der Waals surface area contributed by atoms with Crippen LogP contribution in [0.15, 0.2) is 0 Å². The predicted octanol–water partition coefficient (Wildman–Crippen LogP) is 2.93. The molecular formula is C29H46N4O4. The van der Waals surface area contributed by atoms with E-state index in [1.165, 1.54) is 6.42 Å². The Labute approximate surface area is 221 Å². The maximum absolute atomic E-state index is 14.2. The zero-order valence-corrected chi connectivity index (χ0v) is 22.4. The summed E-state index contributed by atoms with van der Waals surface area (Å²) < 4.78 is 0. The van der Waals surface area contributed by atoms with Gasteiger partial charge in [-0.3, -0.25) is 24.1 Å². The summed E-state index contributed by atoms with van der Waals surface area (Å²) in [6.07, 6.45) is 15.9. The molecular weight excluding hydrogens is 468 g/mol. The molecule has 5 atom stereocenters. The first-order valence-corrected chi connectivity index (χ1v) is 15.2. The smallest absolute Gasteiger partial charge is 0.289 e. The third-order valence-electron chi connectivity index (χ3n) is 9.55. The van der Waals surface area contributed by atoms with Crippen molar-refractivity contribution in [3.05, 3.63) is 0 Å². The Morgan fingerprint density at radius 2 is 1.43 bits per heavy atom. The largest absolute Gasteiger partial charge is 0.347 e. The molecule has 3 saturated heterocycles. The van der Waals surface area contributed by atoms with Gasteiger partial charge >= 0.3 is 0 Å². The predicted molar refractivity (Wildman–Crippen MR) is 141 cm³/mol. The van der Waals surface area contributed by atoms with Gasteiger partial charge in [-0.05, 0) is 76.3 Å². The van der Waals surface area contributed by atoms with Gasteiger partial charge in [-0.15, -0.1) is 0 Å². The fourth-order valence-electron chi connectivity index (χ4n) is 7.31. The van der Waals surface area contributed by atoms with Crippen molar-refractivity contribution in [2.75, 3.05) is 19.6 Å². The molecule has 2 aliphatic carbocycles. The zero-order valence-electron chi connectivity index (χ0n) is 22.4. The summed E-state index contributed by atoms with van der Waals surface area (Å²) in [5, 5.41) is 5.80. The first kappa shape index (κ1) is 26.6. The summed E-state index contributed by atoms with van der Waals surface area (Å²) in [6, 6.07) is -1.39. The molecule has 0 spiro atoms. The molecule has 3 aliphatic heterocycles. The molecule has 2 saturated carbocycles. The Hall–Kier alpha value is -1.96. The van der Waals surface area contributed by atoms with Gasteiger partial charge in [-0.1, -0.05) is 51.4 Å². The van der Waals surface area contributed by atoms with E-state index in [4.69, 9.17) is 0 Å². The summed E-state index contributed by atoms with van der Waals surface area (Å²) in [5.41, 5.74) is 0. The number of fused-ring (bicyclic) bond motifs is 3. The number of carbonyl (C=O) groups is 4. The normalized spacial score (nSPS) is 34.6. The van der Waals surface area contributed by atoms with E-state index in [1.54, 1.807) is 0 Å². The molecule has 8 nitrogen and oxygen atoms in total. The minimum atomic E-state index is -0.813. The number of piperidine rings is 1. The van der Waals surface area contributed by atoms with Crippen molar-refractivity contribution in [3.63, 3.8) is 0 Å². The third kappa shape index (κ3) is 6.37. The van der Waals surface area contributed by atoms with Crippen LogP contribution in [0.25, 0.3) is 0 Å². The highest BCUT2D eigenvalue weighted by Crippen LogP contribution is 2.43. The molecule has 0 radical (unpaired) electrons. The molecule has 0 aromatic rings. The second-order valence-electron chi connectivity index (χ2n) is 12.3. The molecule has 8 heteroatoms. The number of ketones is 1. The van der Waals surface area contributed by atoms with E-state index in [2.05, 4.69) is 15.5 Å². The molecule has 37 heavy (non-hydrogen) atoms. The molecule has 206 valence electrons. The van der Waals surface area contributed by atoms with Gasteiger partial charge in [0.1, 0.15) is 6.04 Å². The number of hydrogen-bond donors (Lipinski definition) is 2. The third-order valence-corrected chi connectivity index (χ3v) is 9.55. The minimum Gasteiger partial charge on any atom is -0.347 e. The molecule has 0 aromatic carbocycles. The molecule has 1 unspecified atom stereocenters. The Morgan fingerprint density at radius 3 is 2.16 bits per heavy atom. The number of amides is 3. The average Bonchev–Trinajstić information content (AvgIpc) is 3.47. The summed E-state index contributed by atoms with van der Waals surface area (Å²) in [6.45, 7) is 2.56. The minimum absolute atomic E-state index is 0.100. The Balaban J connectivity index is 1.38. The number of Topliss-reactive ketones (excluding diaryl/α,β-unsaturated/α-hetero) is 1. The second-order valence-corrected chi connectivity index (χ2v) is 12.3. The van der Waals surface area contributed by atoms with Crippen LogP contribution < -0.4 is 10.6 Å². The maximum Gasteiger partial charge on any atom is 0.289 e. The van der Waals surface area contributed by atoms with E-state index in [9.17, 15) is 19.2 Å². The van der Waals surface area contributed by atoms with Gasteiger partial charge in [-0.2, -0.15) is 0 Å². The fraction of sp³-hybridized carbons (Fsp3) is 0.862. The van der Waals surface area contributed by atoms with Crippen LogP contribution in [0.5, 0.6) is 0 Å². The quantitative estimate of drug-likeness (QED) is 0.562. The van der Waals surface area contributed by atoms with E-state index >= 15 is 0 Å². The summed E-state index contributed by atoms with van der Waals surface area (Å²) in [5.74, 6) is -0.720. The molecule has 0 aromatic heterocycles. The lowest BCUT2D eigenvalue weighted by Gasteiger charge is -2.38. The fourth-order valence-corrected chi connectivity index (χ4v) is 7.31. The van der Waals surface area contributed by atoms with E-state index in [0.29, 0.717) is 18.9 Å². The monoisotopic (exact) mass is 514 g/mol. The van der Waals surface area contributed by atoms with Gasteiger partial charge in [0.15, 0.2) is 0 Å². The zero-order chi connectivity index (χ0) is 25.8. The van der Waals surface area contributed by atoms with E-state index in [0.717, 1.165) is 103 Å². The number of nitrogens with one attached hydrogen (secondary N) is 2. The highest BCUT2D eigenvalue weighted by Gasteiger charge is 2.51. The van der Waals surface area contributed by atoms with Crippen LogP contribution in [-0.4, -0.2) is 77.1 Å². The first-order valence-electron chi connectivity index (χ1n) is 15.2. The highest BCUT2D eigenvalue weighted by atomic mass is 16.2. The van der Waals surface area contributed by atoms with Crippen LogP contribution in [0.2, 0.25) is 0 Å². The van der Waals surface area contributed by atoms with E-state index in [1.807, 2.05) is 4.90 Å². The van der Waals surface area contributed by atoms with Crippen LogP contribution in [0.4, 0.5) is 0 Å². The van der Waals surface area contributed by atoms with Crippen molar-refractivity contribution >= 4 is 23.5 Å². The topological polar surface area (TPSA) is 98.8 Å². The second kappa shape index (κ2) is 12.3. The lowest BCUT2D eigenvalue weighted by atomic mass is 9.92. The molecule has 2 N–H and O–H groups in total. The Morgan fingerprint density at radius 1 is 0.757 bits per heavy atom. The maximum atomic E-state index is 14.2. The number of likely N-dealkylation sites (tertiary alicyclic amines) is 1. The lowest BCUT2D eigenvalue weighted by Crippen LogP contribution is -2.58. The molecule has 3 amide bonds. The van der Waals surface area contributed by atoms with Gasteiger partial charge in [0, 0.05) is 12.6 Å². The number of carbonyl (C=O) groups excluding carboxylic acids is 4. The molecule has 3 heterocycles. The van der Waals surface area contributed by atoms with Gasteiger partial charge in [0.2, 0.25) is 17.6 Å². The molecule has 5 rings (SSSR count). The van der Waals surface area contributed by atoms with Crippen LogP contribution in [0.3, 0.4) is 0 Å². The van der Waals surface area contributed by atoms with E-state index < -0.39 is 23.8 Å². The van der Waals surface area contributed by atoms with Gasteiger partial charge in [0.05, 0.1) is 12.1 Å². The highest BCUT2D eigenvalue weighted by molar-refractivity contribution is 6.38. The van der Waals surface area contributed by atoms with Crippen molar-refractivity contribution in [2.24, 2.45) is 11.8 Å². The molecule has 5 fully saturated rings.